The highest BCUT2D eigenvalue weighted by Crippen LogP contribution is 2.59. The molecule has 0 aromatic heterocycles. The van der Waals surface area contributed by atoms with Crippen molar-refractivity contribution in [2.75, 3.05) is 7.11 Å². The van der Waals surface area contributed by atoms with Crippen molar-refractivity contribution < 1.29 is 45.0 Å². The standard InChI is InChI=1S/C18H17F7O3/c1-17(2)10(4-5-18(23,24)25)11(17)16(26)28-7-9-14(21)12(19)8(6-27-3)13(20)15(9)22/h4-5,10-11H,6-7H2,1-3H3/t10-,11+/m1/s1. The number of carbonyl (C=O) groups is 1. The third-order valence-corrected chi connectivity index (χ3v) is 4.75. The van der Waals surface area contributed by atoms with E-state index in [9.17, 15) is 35.5 Å². The normalized spacial score (nSPS) is 21.2. The molecule has 0 bridgehead atoms. The molecule has 28 heavy (non-hydrogen) atoms. The number of alkyl halides is 3. The van der Waals surface area contributed by atoms with Crippen LogP contribution in [-0.2, 0) is 27.5 Å². The van der Waals surface area contributed by atoms with Crippen LogP contribution in [-0.4, -0.2) is 19.3 Å². The second-order valence-electron chi connectivity index (χ2n) is 6.98. The highest BCUT2D eigenvalue weighted by molar-refractivity contribution is 5.78. The molecule has 1 aliphatic rings. The minimum absolute atomic E-state index is 0.00862. The number of methoxy groups -OCH3 is 1. The molecule has 0 unspecified atom stereocenters. The summed E-state index contributed by atoms with van der Waals surface area (Å²) in [7, 11) is 1.07. The van der Waals surface area contributed by atoms with Crippen LogP contribution in [0.1, 0.15) is 25.0 Å². The molecule has 10 heteroatoms. The third kappa shape index (κ3) is 4.31. The first kappa shape index (κ1) is 22.2. The number of ether oxygens (including phenoxy) is 2. The fraction of sp³-hybridized carbons (Fsp3) is 0.500. The van der Waals surface area contributed by atoms with E-state index in [1.807, 2.05) is 0 Å². The quantitative estimate of drug-likeness (QED) is 0.290. The van der Waals surface area contributed by atoms with Gasteiger partial charge in [-0.3, -0.25) is 4.79 Å². The van der Waals surface area contributed by atoms with Crippen LogP contribution in [0.15, 0.2) is 12.2 Å². The van der Waals surface area contributed by atoms with E-state index in [-0.39, 0.29) is 6.08 Å². The Bertz CT molecular complexity index is 770. The van der Waals surface area contributed by atoms with Crippen molar-refractivity contribution in [3.63, 3.8) is 0 Å². The summed E-state index contributed by atoms with van der Waals surface area (Å²) in [4.78, 5) is 12.1. The molecule has 1 aliphatic carbocycles. The first-order chi connectivity index (χ1) is 12.8. The topological polar surface area (TPSA) is 35.5 Å². The lowest BCUT2D eigenvalue weighted by molar-refractivity contribution is -0.147. The van der Waals surface area contributed by atoms with Crippen LogP contribution in [0.2, 0.25) is 0 Å². The van der Waals surface area contributed by atoms with E-state index in [0.717, 1.165) is 13.2 Å². The first-order valence-corrected chi connectivity index (χ1v) is 8.08. The van der Waals surface area contributed by atoms with E-state index in [0.29, 0.717) is 0 Å². The smallest absolute Gasteiger partial charge is 0.409 e. The molecule has 156 valence electrons. The van der Waals surface area contributed by atoms with Crippen LogP contribution >= 0.6 is 0 Å². The van der Waals surface area contributed by atoms with Gasteiger partial charge < -0.3 is 9.47 Å². The molecule has 1 fully saturated rings. The van der Waals surface area contributed by atoms with Crippen molar-refractivity contribution in [3.8, 4) is 0 Å². The van der Waals surface area contributed by atoms with Crippen LogP contribution in [0.25, 0.3) is 0 Å². The minimum Gasteiger partial charge on any atom is -0.460 e. The Kier molecular flexibility index (Phi) is 6.13. The molecule has 0 spiro atoms. The zero-order valence-electron chi connectivity index (χ0n) is 15.1. The van der Waals surface area contributed by atoms with Crippen LogP contribution in [0, 0.1) is 40.5 Å². The Balaban J connectivity index is 2.15. The predicted octanol–water partition coefficient (Wildman–Crippen LogP) is 4.82. The molecule has 0 N–H and O–H groups in total. The van der Waals surface area contributed by atoms with Crippen molar-refractivity contribution in [3.05, 3.63) is 46.5 Å². The summed E-state index contributed by atoms with van der Waals surface area (Å²) < 4.78 is 102. The van der Waals surface area contributed by atoms with Gasteiger partial charge >= 0.3 is 12.1 Å². The SMILES string of the molecule is COCc1c(F)c(F)c(COC(=O)[C@@H]2[C@@H](C=CC(F)(F)F)C2(C)C)c(F)c1F. The van der Waals surface area contributed by atoms with Gasteiger partial charge in [0.05, 0.1) is 23.7 Å². The van der Waals surface area contributed by atoms with E-state index in [1.54, 1.807) is 0 Å². The summed E-state index contributed by atoms with van der Waals surface area (Å²) in [6.45, 7) is 1.21. The Morgan fingerprint density at radius 2 is 1.46 bits per heavy atom. The fourth-order valence-corrected chi connectivity index (χ4v) is 3.05. The van der Waals surface area contributed by atoms with E-state index in [2.05, 4.69) is 4.74 Å². The number of esters is 1. The molecule has 0 saturated heterocycles. The minimum atomic E-state index is -4.56. The second-order valence-corrected chi connectivity index (χ2v) is 6.98. The Morgan fingerprint density at radius 3 is 1.89 bits per heavy atom. The van der Waals surface area contributed by atoms with Gasteiger partial charge in [-0.25, -0.2) is 17.6 Å². The number of hydrogen-bond donors (Lipinski definition) is 0. The largest absolute Gasteiger partial charge is 0.460 e. The molecule has 0 aliphatic heterocycles. The van der Waals surface area contributed by atoms with Gasteiger partial charge in [-0.05, 0) is 11.3 Å². The van der Waals surface area contributed by atoms with Gasteiger partial charge in [0.1, 0.15) is 6.61 Å². The third-order valence-electron chi connectivity index (χ3n) is 4.75. The lowest BCUT2D eigenvalue weighted by atomic mass is 10.1. The van der Waals surface area contributed by atoms with Crippen LogP contribution < -0.4 is 0 Å². The number of halogens is 7. The van der Waals surface area contributed by atoms with Crippen LogP contribution in [0.5, 0.6) is 0 Å². The van der Waals surface area contributed by atoms with Crippen molar-refractivity contribution in [2.45, 2.75) is 33.2 Å². The first-order valence-electron chi connectivity index (χ1n) is 8.08. The molecule has 1 aromatic rings. The Hall–Kier alpha value is -2.10. The van der Waals surface area contributed by atoms with E-state index < -0.39 is 77.0 Å². The molecule has 0 heterocycles. The number of allylic oxidation sites excluding steroid dienone is 2. The molecule has 2 rings (SSSR count). The zero-order chi connectivity index (χ0) is 21.4. The van der Waals surface area contributed by atoms with Crippen molar-refractivity contribution in [2.24, 2.45) is 17.3 Å². The van der Waals surface area contributed by atoms with Gasteiger partial charge in [0.25, 0.3) is 0 Å². The summed E-state index contributed by atoms with van der Waals surface area (Å²) in [5.74, 6) is -9.63. The monoisotopic (exact) mass is 414 g/mol. The summed E-state index contributed by atoms with van der Waals surface area (Å²) in [6.07, 6.45) is -3.75. The second kappa shape index (κ2) is 7.73. The Labute approximate surface area is 156 Å². The van der Waals surface area contributed by atoms with Crippen molar-refractivity contribution in [1.29, 1.82) is 0 Å². The van der Waals surface area contributed by atoms with Crippen LogP contribution in [0.4, 0.5) is 30.7 Å². The summed E-state index contributed by atoms with van der Waals surface area (Å²) in [6, 6.07) is 0. The average molecular weight is 414 g/mol. The Morgan fingerprint density at radius 1 is 1.00 bits per heavy atom. The predicted molar refractivity (Wildman–Crippen MR) is 82.7 cm³/mol. The average Bonchev–Trinajstić information content (AvgIpc) is 3.15. The molecule has 1 aromatic carbocycles. The number of hydrogen-bond acceptors (Lipinski definition) is 3. The van der Waals surface area contributed by atoms with Gasteiger partial charge in [-0.1, -0.05) is 19.9 Å². The molecule has 1 saturated carbocycles. The number of rotatable bonds is 6. The molecule has 0 amide bonds. The fourth-order valence-electron chi connectivity index (χ4n) is 3.05. The number of carbonyl (C=O) groups excluding carboxylic acids is 1. The van der Waals surface area contributed by atoms with Gasteiger partial charge in [0.15, 0.2) is 23.3 Å². The van der Waals surface area contributed by atoms with Crippen molar-refractivity contribution in [1.82, 2.24) is 0 Å². The summed E-state index contributed by atoms with van der Waals surface area (Å²) >= 11 is 0. The maximum atomic E-state index is 14.0. The van der Waals surface area contributed by atoms with Gasteiger partial charge in [0, 0.05) is 13.2 Å². The maximum Gasteiger partial charge on any atom is 0.409 e. The van der Waals surface area contributed by atoms with Crippen LogP contribution in [0.3, 0.4) is 0 Å². The van der Waals surface area contributed by atoms with Gasteiger partial charge in [0.2, 0.25) is 0 Å². The molecular weight excluding hydrogens is 397 g/mol. The maximum absolute atomic E-state index is 14.0. The van der Waals surface area contributed by atoms with Crippen molar-refractivity contribution >= 4 is 5.97 Å². The highest BCUT2D eigenvalue weighted by Gasteiger charge is 2.61. The van der Waals surface area contributed by atoms with E-state index in [4.69, 9.17) is 4.74 Å². The zero-order valence-corrected chi connectivity index (χ0v) is 15.1. The number of benzene rings is 1. The molecule has 2 atom stereocenters. The summed E-state index contributed by atoms with van der Waals surface area (Å²) in [5, 5.41) is 0. The lowest BCUT2D eigenvalue weighted by Crippen LogP contribution is -2.15. The van der Waals surface area contributed by atoms with Gasteiger partial charge in [-0.15, -0.1) is 0 Å². The lowest BCUT2D eigenvalue weighted by Gasteiger charge is -2.12. The summed E-state index contributed by atoms with van der Waals surface area (Å²) in [5.41, 5.74) is -2.95. The van der Waals surface area contributed by atoms with E-state index >= 15 is 0 Å². The molecule has 0 radical (unpaired) electrons. The van der Waals surface area contributed by atoms with Gasteiger partial charge in [-0.2, -0.15) is 13.2 Å². The molecule has 3 nitrogen and oxygen atoms in total. The highest BCUT2D eigenvalue weighted by atomic mass is 19.4. The van der Waals surface area contributed by atoms with E-state index in [1.165, 1.54) is 13.8 Å². The molecular formula is C18H17F7O3.